The van der Waals surface area contributed by atoms with Crippen LogP contribution in [0.25, 0.3) is 11.1 Å². The molecule has 2 amide bonds. The Kier molecular flexibility index (Phi) is 11.2. The summed E-state index contributed by atoms with van der Waals surface area (Å²) in [5.74, 6) is 0.193. The van der Waals surface area contributed by atoms with Gasteiger partial charge in [0.2, 0.25) is 0 Å². The fourth-order valence-electron chi connectivity index (χ4n) is 5.45. The van der Waals surface area contributed by atoms with Crippen molar-refractivity contribution >= 4 is 24.1 Å². The molecule has 2 N–H and O–H groups in total. The number of hydrogen-bond donors (Lipinski definition) is 2. The van der Waals surface area contributed by atoms with Crippen LogP contribution in [0.2, 0.25) is 0 Å². The Morgan fingerprint density at radius 2 is 1.10 bits per heavy atom. The fraction of sp³-hybridized carbons (Fsp3) is 0.200. The van der Waals surface area contributed by atoms with Gasteiger partial charge in [0.1, 0.15) is 36.2 Å². The SMILES string of the molecule is C=C(C)C(=O)OCCNC(=O)Oc1ccc2c(c1)Oc1cc(OC(=O)NCCOC(=O)C(=C)C)ccc1C2(C)c1ccc(-c2ccccc2)cc1. The van der Waals surface area contributed by atoms with Crippen molar-refractivity contribution in [1.29, 1.82) is 0 Å². The van der Waals surface area contributed by atoms with Gasteiger partial charge in [-0.3, -0.25) is 0 Å². The van der Waals surface area contributed by atoms with Crippen molar-refractivity contribution in [3.8, 4) is 34.1 Å². The van der Waals surface area contributed by atoms with E-state index in [9.17, 15) is 19.2 Å². The largest absolute Gasteiger partial charge is 0.460 e. The molecular weight excluding hydrogens is 652 g/mol. The van der Waals surface area contributed by atoms with Crippen LogP contribution in [0.4, 0.5) is 9.59 Å². The number of fused-ring (bicyclic) bond motifs is 2. The fourth-order valence-corrected chi connectivity index (χ4v) is 5.45. The van der Waals surface area contributed by atoms with Crippen molar-refractivity contribution in [1.82, 2.24) is 10.6 Å². The van der Waals surface area contributed by atoms with Crippen LogP contribution in [-0.4, -0.2) is 50.4 Å². The summed E-state index contributed by atoms with van der Waals surface area (Å²) in [4.78, 5) is 48.3. The maximum absolute atomic E-state index is 12.5. The van der Waals surface area contributed by atoms with Gasteiger partial charge in [-0.15, -0.1) is 0 Å². The van der Waals surface area contributed by atoms with Gasteiger partial charge in [-0.2, -0.15) is 0 Å². The lowest BCUT2D eigenvalue weighted by Gasteiger charge is -2.38. The van der Waals surface area contributed by atoms with Crippen molar-refractivity contribution in [3.63, 3.8) is 0 Å². The van der Waals surface area contributed by atoms with Gasteiger partial charge in [-0.05, 0) is 49.6 Å². The van der Waals surface area contributed by atoms with E-state index < -0.39 is 29.5 Å². The van der Waals surface area contributed by atoms with Crippen LogP contribution in [0, 0.1) is 0 Å². The molecule has 0 bridgehead atoms. The highest BCUT2D eigenvalue weighted by molar-refractivity contribution is 5.87. The monoisotopic (exact) mass is 690 g/mol. The molecule has 4 aromatic carbocycles. The van der Waals surface area contributed by atoms with Gasteiger partial charge >= 0.3 is 24.1 Å². The molecule has 11 heteroatoms. The first-order chi connectivity index (χ1) is 24.4. The van der Waals surface area contributed by atoms with Crippen LogP contribution in [0.3, 0.4) is 0 Å². The van der Waals surface area contributed by atoms with E-state index in [0.717, 1.165) is 27.8 Å². The number of benzene rings is 4. The first kappa shape index (κ1) is 35.9. The number of rotatable bonds is 12. The lowest BCUT2D eigenvalue weighted by molar-refractivity contribution is -0.139. The molecule has 0 aromatic heterocycles. The molecule has 0 atom stereocenters. The van der Waals surface area contributed by atoms with E-state index in [1.54, 1.807) is 24.3 Å². The molecule has 1 heterocycles. The zero-order chi connectivity index (χ0) is 36.5. The molecule has 51 heavy (non-hydrogen) atoms. The molecule has 0 spiro atoms. The highest BCUT2D eigenvalue weighted by Gasteiger charge is 2.40. The highest BCUT2D eigenvalue weighted by Crippen LogP contribution is 2.53. The average Bonchev–Trinajstić information content (AvgIpc) is 3.12. The van der Waals surface area contributed by atoms with Crippen LogP contribution >= 0.6 is 0 Å². The molecular formula is C40H38N2O9. The summed E-state index contributed by atoms with van der Waals surface area (Å²) >= 11 is 0. The smallest absolute Gasteiger partial charge is 0.412 e. The van der Waals surface area contributed by atoms with Crippen LogP contribution in [0.1, 0.15) is 37.5 Å². The number of esters is 2. The van der Waals surface area contributed by atoms with E-state index in [2.05, 4.69) is 67.1 Å². The number of amides is 2. The molecule has 0 unspecified atom stereocenters. The van der Waals surface area contributed by atoms with Crippen LogP contribution in [-0.2, 0) is 24.5 Å². The summed E-state index contributed by atoms with van der Waals surface area (Å²) < 4.78 is 27.4. The van der Waals surface area contributed by atoms with Gasteiger partial charge in [0, 0.05) is 39.8 Å². The van der Waals surface area contributed by atoms with Crippen molar-refractivity contribution in [2.45, 2.75) is 26.2 Å². The van der Waals surface area contributed by atoms with E-state index in [1.807, 2.05) is 30.3 Å². The predicted molar refractivity (Wildman–Crippen MR) is 190 cm³/mol. The molecule has 4 aromatic rings. The Morgan fingerprint density at radius 1 is 0.647 bits per heavy atom. The molecule has 0 fully saturated rings. The second-order valence-electron chi connectivity index (χ2n) is 12.0. The Balaban J connectivity index is 1.38. The predicted octanol–water partition coefficient (Wildman–Crippen LogP) is 7.23. The summed E-state index contributed by atoms with van der Waals surface area (Å²) in [6.07, 6.45) is -1.49. The van der Waals surface area contributed by atoms with Crippen LogP contribution in [0.15, 0.2) is 115 Å². The molecule has 0 radical (unpaired) electrons. The standard InChI is InChI=1S/C40H38N2O9/c1-25(2)36(43)47-21-19-41-38(45)49-30-15-17-32-34(23-30)51-35-24-31(50-39(46)42-20-22-48-37(44)26(3)4)16-18-33(35)40(32,5)29-13-11-28(12-14-29)27-9-7-6-8-10-27/h6-18,23-24H,1,3,19-22H2,2,4-5H3,(H,41,45)(H,42,46). The second-order valence-corrected chi connectivity index (χ2v) is 12.0. The molecule has 11 nitrogen and oxygen atoms in total. The van der Waals surface area contributed by atoms with Crippen molar-refractivity contribution in [2.24, 2.45) is 0 Å². The minimum absolute atomic E-state index is 0.0414. The van der Waals surface area contributed by atoms with Crippen LogP contribution < -0.4 is 24.8 Å². The van der Waals surface area contributed by atoms with Gasteiger partial charge in [0.15, 0.2) is 0 Å². The zero-order valence-electron chi connectivity index (χ0n) is 28.6. The van der Waals surface area contributed by atoms with Crippen molar-refractivity contribution in [3.05, 3.63) is 132 Å². The quantitative estimate of drug-likeness (QED) is 0.0896. The molecule has 262 valence electrons. The first-order valence-corrected chi connectivity index (χ1v) is 16.1. The summed E-state index contributed by atoms with van der Waals surface area (Å²) in [5.41, 5.74) is 4.53. The third-order valence-corrected chi connectivity index (χ3v) is 8.10. The van der Waals surface area contributed by atoms with E-state index in [-0.39, 0.29) is 48.9 Å². The summed E-state index contributed by atoms with van der Waals surface area (Å²) in [7, 11) is 0. The lowest BCUT2D eigenvalue weighted by atomic mass is 9.69. The Labute approximate surface area is 295 Å². The van der Waals surface area contributed by atoms with Crippen molar-refractivity contribution < 1.29 is 42.9 Å². The Bertz CT molecular complexity index is 1870. The molecule has 1 aliphatic rings. The summed E-state index contributed by atoms with van der Waals surface area (Å²) in [6, 6.07) is 28.6. The molecule has 0 saturated heterocycles. The maximum Gasteiger partial charge on any atom is 0.412 e. The van der Waals surface area contributed by atoms with Gasteiger partial charge in [-0.1, -0.05) is 79.9 Å². The minimum atomic E-state index is -0.743. The first-order valence-electron chi connectivity index (χ1n) is 16.1. The van der Waals surface area contributed by atoms with E-state index in [1.165, 1.54) is 13.8 Å². The minimum Gasteiger partial charge on any atom is -0.460 e. The van der Waals surface area contributed by atoms with E-state index in [0.29, 0.717) is 11.5 Å². The number of hydrogen-bond acceptors (Lipinski definition) is 9. The number of carbonyl (C=O) groups excluding carboxylic acids is 4. The van der Waals surface area contributed by atoms with E-state index in [4.69, 9.17) is 23.7 Å². The third kappa shape index (κ3) is 8.63. The highest BCUT2D eigenvalue weighted by atomic mass is 16.6. The van der Waals surface area contributed by atoms with E-state index >= 15 is 0 Å². The van der Waals surface area contributed by atoms with Gasteiger partial charge in [-0.25, -0.2) is 19.2 Å². The zero-order valence-corrected chi connectivity index (χ0v) is 28.6. The topological polar surface area (TPSA) is 138 Å². The average molecular weight is 691 g/mol. The number of nitrogens with one attached hydrogen (secondary N) is 2. The lowest BCUT2D eigenvalue weighted by Crippen LogP contribution is -2.31. The van der Waals surface area contributed by atoms with Gasteiger partial charge in [0.25, 0.3) is 0 Å². The maximum atomic E-state index is 12.5. The number of carbonyl (C=O) groups is 4. The molecule has 0 saturated carbocycles. The van der Waals surface area contributed by atoms with Gasteiger partial charge in [0.05, 0.1) is 13.1 Å². The number of ether oxygens (including phenoxy) is 5. The normalized spacial score (nSPS) is 12.1. The van der Waals surface area contributed by atoms with Crippen molar-refractivity contribution in [2.75, 3.05) is 26.3 Å². The molecule has 5 rings (SSSR count). The Hall–Kier alpha value is -6.36. The second kappa shape index (κ2) is 15.9. The molecule has 1 aliphatic heterocycles. The Morgan fingerprint density at radius 3 is 1.55 bits per heavy atom. The summed E-state index contributed by atoms with van der Waals surface area (Å²) in [6.45, 7) is 12.2. The molecule has 0 aliphatic carbocycles. The third-order valence-electron chi connectivity index (χ3n) is 8.10. The van der Waals surface area contributed by atoms with Gasteiger partial charge < -0.3 is 34.3 Å². The van der Waals surface area contributed by atoms with Crippen LogP contribution in [0.5, 0.6) is 23.0 Å². The summed E-state index contributed by atoms with van der Waals surface area (Å²) in [5, 5.41) is 5.09.